The lowest BCUT2D eigenvalue weighted by Crippen LogP contribution is -2.32. The number of carboxylic acid groups (broad SMARTS) is 1. The van der Waals surface area contributed by atoms with Crippen LogP contribution in [0.2, 0.25) is 0 Å². The van der Waals surface area contributed by atoms with E-state index < -0.39 is 5.97 Å². The summed E-state index contributed by atoms with van der Waals surface area (Å²) in [6.45, 7) is 4.10. The molecule has 3 rings (SSSR count). The topological polar surface area (TPSA) is 84.2 Å². The first-order chi connectivity index (χ1) is 13.0. The van der Waals surface area contributed by atoms with Crippen molar-refractivity contribution in [3.63, 3.8) is 0 Å². The zero-order chi connectivity index (χ0) is 19.4. The van der Waals surface area contributed by atoms with E-state index in [2.05, 4.69) is 18.3 Å². The molecule has 1 aromatic carbocycles. The standard InChI is InChI=1S/C21H25N3O3/c1-14-21(15(2)24(23-14)18-7-4-3-5-8-18)16-11-12-17(13-16)22-19(25)9-6-10-20(26)27/h3-5,7-8,11-12,16-17H,6,9-10,13H2,1-2H3,(H,22,25)(H,26,27)/t16-,17-/m1/s1. The Morgan fingerprint density at radius 2 is 1.93 bits per heavy atom. The lowest BCUT2D eigenvalue weighted by atomic mass is 9.96. The third kappa shape index (κ3) is 4.45. The predicted octanol–water partition coefficient (Wildman–Crippen LogP) is 3.27. The Hall–Kier alpha value is -2.89. The second-order valence-electron chi connectivity index (χ2n) is 6.98. The Balaban J connectivity index is 1.64. The molecule has 0 saturated heterocycles. The SMILES string of the molecule is Cc1nn(-c2ccccc2)c(C)c1[C@@H]1C=C[C@@H](NC(=O)CCCC(=O)O)C1. The number of carbonyl (C=O) groups is 2. The molecule has 0 radical (unpaired) electrons. The van der Waals surface area contributed by atoms with Crippen molar-refractivity contribution in [1.82, 2.24) is 15.1 Å². The average molecular weight is 367 g/mol. The molecule has 1 amide bonds. The minimum atomic E-state index is -0.870. The third-order valence-corrected chi connectivity index (χ3v) is 4.94. The molecule has 2 aromatic rings. The number of hydrogen-bond acceptors (Lipinski definition) is 3. The van der Waals surface area contributed by atoms with Gasteiger partial charge in [0.05, 0.1) is 11.4 Å². The van der Waals surface area contributed by atoms with Gasteiger partial charge >= 0.3 is 5.97 Å². The summed E-state index contributed by atoms with van der Waals surface area (Å²) < 4.78 is 1.97. The van der Waals surface area contributed by atoms with Crippen molar-refractivity contribution in [3.8, 4) is 5.69 Å². The summed E-state index contributed by atoms with van der Waals surface area (Å²) in [5, 5.41) is 16.3. The van der Waals surface area contributed by atoms with Crippen molar-refractivity contribution in [2.75, 3.05) is 0 Å². The number of amides is 1. The normalized spacial score (nSPS) is 18.6. The zero-order valence-corrected chi connectivity index (χ0v) is 15.7. The van der Waals surface area contributed by atoms with Gasteiger partial charge in [-0.15, -0.1) is 0 Å². The van der Waals surface area contributed by atoms with E-state index in [-0.39, 0.29) is 30.7 Å². The van der Waals surface area contributed by atoms with Crippen molar-refractivity contribution in [2.24, 2.45) is 0 Å². The van der Waals surface area contributed by atoms with Crippen LogP contribution in [0.3, 0.4) is 0 Å². The smallest absolute Gasteiger partial charge is 0.303 e. The number of nitrogens with one attached hydrogen (secondary N) is 1. The molecule has 2 N–H and O–H groups in total. The number of hydrogen-bond donors (Lipinski definition) is 2. The Bertz CT molecular complexity index is 855. The summed E-state index contributed by atoms with van der Waals surface area (Å²) in [5.74, 6) is -0.753. The van der Waals surface area contributed by atoms with Gasteiger partial charge in [-0.05, 0) is 38.8 Å². The van der Waals surface area contributed by atoms with E-state index >= 15 is 0 Å². The maximum Gasteiger partial charge on any atom is 0.303 e. The van der Waals surface area contributed by atoms with E-state index in [4.69, 9.17) is 10.2 Å². The molecule has 0 unspecified atom stereocenters. The molecule has 0 saturated carbocycles. The second kappa shape index (κ2) is 8.20. The lowest BCUT2D eigenvalue weighted by molar-refractivity contribution is -0.137. The summed E-state index contributed by atoms with van der Waals surface area (Å²) in [6.07, 6.45) is 5.59. The van der Waals surface area contributed by atoms with E-state index in [1.165, 1.54) is 5.56 Å². The van der Waals surface area contributed by atoms with Gasteiger partial charge in [0, 0.05) is 36.1 Å². The quantitative estimate of drug-likeness (QED) is 0.736. The first-order valence-electron chi connectivity index (χ1n) is 9.26. The maximum absolute atomic E-state index is 12.0. The summed E-state index contributed by atoms with van der Waals surface area (Å²) in [4.78, 5) is 22.5. The molecular weight excluding hydrogens is 342 g/mol. The molecule has 0 spiro atoms. The van der Waals surface area contributed by atoms with Gasteiger partial charge in [-0.3, -0.25) is 9.59 Å². The van der Waals surface area contributed by atoms with Crippen molar-refractivity contribution < 1.29 is 14.7 Å². The van der Waals surface area contributed by atoms with E-state index in [0.29, 0.717) is 6.42 Å². The number of aliphatic carboxylic acids is 1. The highest BCUT2D eigenvalue weighted by Crippen LogP contribution is 2.33. The molecule has 6 nitrogen and oxygen atoms in total. The van der Waals surface area contributed by atoms with Crippen LogP contribution in [0.15, 0.2) is 42.5 Å². The highest BCUT2D eigenvalue weighted by atomic mass is 16.4. The van der Waals surface area contributed by atoms with E-state index in [0.717, 1.165) is 23.5 Å². The Kier molecular flexibility index (Phi) is 5.74. The Morgan fingerprint density at radius 1 is 1.19 bits per heavy atom. The first-order valence-corrected chi connectivity index (χ1v) is 9.26. The molecule has 1 aliphatic carbocycles. The highest BCUT2D eigenvalue weighted by Gasteiger charge is 2.26. The monoisotopic (exact) mass is 367 g/mol. The van der Waals surface area contributed by atoms with E-state index in [1.54, 1.807) is 0 Å². The zero-order valence-electron chi connectivity index (χ0n) is 15.7. The molecular formula is C21H25N3O3. The van der Waals surface area contributed by atoms with Crippen molar-refractivity contribution in [3.05, 3.63) is 59.4 Å². The largest absolute Gasteiger partial charge is 0.481 e. The molecule has 142 valence electrons. The van der Waals surface area contributed by atoms with Crippen LogP contribution in [-0.2, 0) is 9.59 Å². The van der Waals surface area contributed by atoms with Crippen molar-refractivity contribution >= 4 is 11.9 Å². The van der Waals surface area contributed by atoms with Crippen LogP contribution in [-0.4, -0.2) is 32.8 Å². The first kappa shape index (κ1) is 18.9. The molecule has 0 bridgehead atoms. The molecule has 27 heavy (non-hydrogen) atoms. The van der Waals surface area contributed by atoms with Gasteiger partial charge in [-0.1, -0.05) is 30.4 Å². The fourth-order valence-corrected chi connectivity index (χ4v) is 3.71. The number of aryl methyl sites for hydroxylation is 1. The number of aromatic nitrogens is 2. The second-order valence-corrected chi connectivity index (χ2v) is 6.98. The van der Waals surface area contributed by atoms with E-state index in [9.17, 15) is 9.59 Å². The number of benzene rings is 1. The summed E-state index contributed by atoms with van der Waals surface area (Å²) in [5.41, 5.74) is 4.36. The minimum absolute atomic E-state index is 0.0214. The minimum Gasteiger partial charge on any atom is -0.481 e. The molecule has 0 aliphatic heterocycles. The number of rotatable bonds is 7. The molecule has 6 heteroatoms. The van der Waals surface area contributed by atoms with Crippen molar-refractivity contribution in [2.45, 2.75) is 51.5 Å². The molecule has 1 aromatic heterocycles. The molecule has 2 atom stereocenters. The third-order valence-electron chi connectivity index (χ3n) is 4.94. The van der Waals surface area contributed by atoms with Crippen LogP contribution in [0.4, 0.5) is 0 Å². The van der Waals surface area contributed by atoms with Gasteiger partial charge in [0.15, 0.2) is 0 Å². The summed E-state index contributed by atoms with van der Waals surface area (Å²) >= 11 is 0. The van der Waals surface area contributed by atoms with Gasteiger partial charge in [-0.2, -0.15) is 5.10 Å². The average Bonchev–Trinajstić information content (AvgIpc) is 3.19. The van der Waals surface area contributed by atoms with Gasteiger partial charge in [0.1, 0.15) is 0 Å². The fraction of sp³-hybridized carbons (Fsp3) is 0.381. The number of allylic oxidation sites excluding steroid dienone is 1. The fourth-order valence-electron chi connectivity index (χ4n) is 3.71. The number of carbonyl (C=O) groups excluding carboxylic acids is 1. The van der Waals surface area contributed by atoms with Gasteiger partial charge in [0.2, 0.25) is 5.91 Å². The maximum atomic E-state index is 12.0. The van der Waals surface area contributed by atoms with Gasteiger partial charge < -0.3 is 10.4 Å². The van der Waals surface area contributed by atoms with Crippen LogP contribution in [0.25, 0.3) is 5.69 Å². The highest BCUT2D eigenvalue weighted by molar-refractivity contribution is 5.77. The van der Waals surface area contributed by atoms with Gasteiger partial charge in [-0.25, -0.2) is 4.68 Å². The van der Waals surface area contributed by atoms with Crippen LogP contribution >= 0.6 is 0 Å². The lowest BCUT2D eigenvalue weighted by Gasteiger charge is -2.15. The molecule has 1 aliphatic rings. The number of para-hydroxylation sites is 1. The van der Waals surface area contributed by atoms with Crippen LogP contribution < -0.4 is 5.32 Å². The van der Waals surface area contributed by atoms with Crippen LogP contribution in [0, 0.1) is 13.8 Å². The summed E-state index contributed by atoms with van der Waals surface area (Å²) in [7, 11) is 0. The summed E-state index contributed by atoms with van der Waals surface area (Å²) in [6, 6.07) is 10.0. The van der Waals surface area contributed by atoms with Crippen LogP contribution in [0.1, 0.15) is 48.6 Å². The molecule has 0 fully saturated rings. The molecule has 1 heterocycles. The Morgan fingerprint density at radius 3 is 2.63 bits per heavy atom. The number of nitrogens with zero attached hydrogens (tertiary/aromatic N) is 2. The van der Waals surface area contributed by atoms with Crippen LogP contribution in [0.5, 0.6) is 0 Å². The van der Waals surface area contributed by atoms with E-state index in [1.807, 2.05) is 48.0 Å². The van der Waals surface area contributed by atoms with Crippen molar-refractivity contribution in [1.29, 1.82) is 0 Å². The predicted molar refractivity (Wildman–Crippen MR) is 103 cm³/mol. The Labute approximate surface area is 158 Å². The van der Waals surface area contributed by atoms with Gasteiger partial charge in [0.25, 0.3) is 0 Å². The number of carboxylic acids is 1.